The van der Waals surface area contributed by atoms with Crippen molar-refractivity contribution in [3.8, 4) is 0 Å². The zero-order valence-corrected chi connectivity index (χ0v) is 13.3. The van der Waals surface area contributed by atoms with Gasteiger partial charge in [-0.3, -0.25) is 0 Å². The molecule has 0 heterocycles. The quantitative estimate of drug-likeness (QED) is 0.829. The average molecular weight is 324 g/mol. The number of carbonyl (C=O) groups is 1. The number of hydrogen-bond acceptors (Lipinski definition) is 3. The molecule has 0 fully saturated rings. The molecule has 0 radical (unpaired) electrons. The largest absolute Gasteiger partial charge is 0.465 e. The first kappa shape index (κ1) is 15.7. The molecular weight excluding hydrogens is 309 g/mol. The van der Waals surface area contributed by atoms with Crippen molar-refractivity contribution in [3.63, 3.8) is 0 Å². The molecule has 0 aliphatic heterocycles. The lowest BCUT2D eigenvalue weighted by Crippen LogP contribution is -2.09. The molecule has 0 aliphatic carbocycles. The van der Waals surface area contributed by atoms with Crippen LogP contribution in [0.25, 0.3) is 0 Å². The predicted octanol–water partition coefficient (Wildman–Crippen LogP) is 4.70. The van der Waals surface area contributed by atoms with Crippen molar-refractivity contribution in [2.45, 2.75) is 13.5 Å². The molecule has 5 heteroatoms. The highest BCUT2D eigenvalue weighted by Gasteiger charge is 2.11. The molecule has 21 heavy (non-hydrogen) atoms. The van der Waals surface area contributed by atoms with E-state index in [1.54, 1.807) is 24.3 Å². The average Bonchev–Trinajstić information content (AvgIpc) is 2.49. The molecule has 0 saturated carbocycles. The fourth-order valence-electron chi connectivity index (χ4n) is 1.96. The Kier molecular flexibility index (Phi) is 5.10. The van der Waals surface area contributed by atoms with Crippen molar-refractivity contribution in [2.75, 3.05) is 12.4 Å². The second kappa shape index (κ2) is 6.83. The normalized spacial score (nSPS) is 10.3. The van der Waals surface area contributed by atoms with E-state index >= 15 is 0 Å². The van der Waals surface area contributed by atoms with Gasteiger partial charge in [0.15, 0.2) is 0 Å². The van der Waals surface area contributed by atoms with Gasteiger partial charge >= 0.3 is 5.97 Å². The van der Waals surface area contributed by atoms with Gasteiger partial charge in [-0.05, 0) is 36.2 Å². The van der Waals surface area contributed by atoms with Gasteiger partial charge in [-0.25, -0.2) is 4.79 Å². The Labute approximate surface area is 133 Å². The number of aryl methyl sites for hydroxylation is 1. The Morgan fingerprint density at radius 3 is 2.62 bits per heavy atom. The van der Waals surface area contributed by atoms with E-state index in [4.69, 9.17) is 27.9 Å². The van der Waals surface area contributed by atoms with Gasteiger partial charge in [0.05, 0.1) is 23.4 Å². The van der Waals surface area contributed by atoms with Gasteiger partial charge in [0.1, 0.15) is 0 Å². The van der Waals surface area contributed by atoms with E-state index in [1.807, 2.05) is 19.1 Å². The number of halogens is 2. The lowest BCUT2D eigenvalue weighted by Gasteiger charge is -2.12. The fourth-order valence-corrected chi connectivity index (χ4v) is 2.40. The number of hydrogen-bond donors (Lipinski definition) is 1. The third-order valence-corrected chi connectivity index (χ3v) is 3.86. The number of methoxy groups -OCH3 is 1. The first-order chi connectivity index (χ1) is 10.0. The maximum atomic E-state index is 11.7. The second-order valence-electron chi connectivity index (χ2n) is 4.58. The first-order valence-corrected chi connectivity index (χ1v) is 7.14. The SMILES string of the molecule is COC(=O)c1ccccc1CNc1cc(Cl)c(C)cc1Cl. The van der Waals surface area contributed by atoms with Crippen LogP contribution < -0.4 is 5.32 Å². The van der Waals surface area contributed by atoms with Crippen LogP contribution in [0.5, 0.6) is 0 Å². The molecule has 3 nitrogen and oxygen atoms in total. The van der Waals surface area contributed by atoms with Crippen LogP contribution in [-0.4, -0.2) is 13.1 Å². The van der Waals surface area contributed by atoms with Crippen molar-refractivity contribution >= 4 is 34.9 Å². The van der Waals surface area contributed by atoms with Gasteiger partial charge in [0.2, 0.25) is 0 Å². The smallest absolute Gasteiger partial charge is 0.338 e. The summed E-state index contributed by atoms with van der Waals surface area (Å²) in [7, 11) is 1.36. The number of nitrogens with one attached hydrogen (secondary N) is 1. The summed E-state index contributed by atoms with van der Waals surface area (Å²) in [6, 6.07) is 10.8. The Morgan fingerprint density at radius 2 is 1.90 bits per heavy atom. The summed E-state index contributed by atoms with van der Waals surface area (Å²) in [6.45, 7) is 2.34. The van der Waals surface area contributed by atoms with Crippen LogP contribution in [0.1, 0.15) is 21.5 Å². The van der Waals surface area contributed by atoms with E-state index in [-0.39, 0.29) is 5.97 Å². The zero-order chi connectivity index (χ0) is 15.4. The van der Waals surface area contributed by atoms with Crippen LogP contribution in [0.2, 0.25) is 10.0 Å². The van der Waals surface area contributed by atoms with Crippen molar-refractivity contribution in [1.29, 1.82) is 0 Å². The van der Waals surface area contributed by atoms with Gasteiger partial charge in [-0.2, -0.15) is 0 Å². The summed E-state index contributed by atoms with van der Waals surface area (Å²) < 4.78 is 4.77. The van der Waals surface area contributed by atoms with E-state index in [2.05, 4.69) is 5.32 Å². The van der Waals surface area contributed by atoms with Crippen LogP contribution in [-0.2, 0) is 11.3 Å². The molecule has 0 amide bonds. The minimum atomic E-state index is -0.361. The minimum Gasteiger partial charge on any atom is -0.465 e. The zero-order valence-electron chi connectivity index (χ0n) is 11.7. The molecule has 2 aromatic carbocycles. The lowest BCUT2D eigenvalue weighted by atomic mass is 10.1. The molecule has 0 unspecified atom stereocenters. The third kappa shape index (κ3) is 3.69. The van der Waals surface area contributed by atoms with Gasteiger partial charge in [0, 0.05) is 11.6 Å². The molecule has 1 N–H and O–H groups in total. The van der Waals surface area contributed by atoms with E-state index < -0.39 is 0 Å². The molecule has 0 aromatic heterocycles. The number of benzene rings is 2. The number of carbonyl (C=O) groups excluding carboxylic acids is 1. The van der Waals surface area contributed by atoms with Gasteiger partial charge < -0.3 is 10.1 Å². The predicted molar refractivity (Wildman–Crippen MR) is 86.3 cm³/mol. The van der Waals surface area contributed by atoms with Gasteiger partial charge in [-0.15, -0.1) is 0 Å². The van der Waals surface area contributed by atoms with Crippen LogP contribution >= 0.6 is 23.2 Å². The molecule has 2 rings (SSSR count). The maximum Gasteiger partial charge on any atom is 0.338 e. The Morgan fingerprint density at radius 1 is 1.19 bits per heavy atom. The van der Waals surface area contributed by atoms with Crippen molar-refractivity contribution in [2.24, 2.45) is 0 Å². The van der Waals surface area contributed by atoms with Crippen molar-refractivity contribution in [3.05, 3.63) is 63.1 Å². The minimum absolute atomic E-state index is 0.361. The van der Waals surface area contributed by atoms with Crippen LogP contribution in [0.15, 0.2) is 36.4 Å². The lowest BCUT2D eigenvalue weighted by molar-refractivity contribution is 0.0599. The summed E-state index contributed by atoms with van der Waals surface area (Å²) in [5.74, 6) is -0.361. The van der Waals surface area contributed by atoms with Crippen LogP contribution in [0.3, 0.4) is 0 Å². The van der Waals surface area contributed by atoms with Crippen LogP contribution in [0, 0.1) is 6.92 Å². The van der Waals surface area contributed by atoms with E-state index in [9.17, 15) is 4.79 Å². The second-order valence-corrected chi connectivity index (χ2v) is 5.40. The first-order valence-electron chi connectivity index (χ1n) is 6.38. The third-order valence-electron chi connectivity index (χ3n) is 3.14. The maximum absolute atomic E-state index is 11.7. The molecule has 0 atom stereocenters. The highest BCUT2D eigenvalue weighted by atomic mass is 35.5. The molecule has 0 bridgehead atoms. The van der Waals surface area contributed by atoms with E-state index in [0.717, 1.165) is 16.8 Å². The van der Waals surface area contributed by atoms with E-state index in [0.29, 0.717) is 22.2 Å². The van der Waals surface area contributed by atoms with Gasteiger partial charge in [-0.1, -0.05) is 41.4 Å². The molecule has 2 aromatic rings. The summed E-state index contributed by atoms with van der Waals surface area (Å²) in [6.07, 6.45) is 0. The molecule has 0 saturated heterocycles. The Hall–Kier alpha value is -1.71. The van der Waals surface area contributed by atoms with Crippen LogP contribution in [0.4, 0.5) is 5.69 Å². The Balaban J connectivity index is 2.21. The topological polar surface area (TPSA) is 38.3 Å². The fraction of sp³-hybridized carbons (Fsp3) is 0.188. The summed E-state index contributed by atoms with van der Waals surface area (Å²) in [5.41, 5.74) is 3.01. The molecule has 0 spiro atoms. The summed E-state index contributed by atoms with van der Waals surface area (Å²) in [5, 5.41) is 4.42. The Bertz CT molecular complexity index is 671. The monoisotopic (exact) mass is 323 g/mol. The standard InChI is InChI=1S/C16H15Cl2NO2/c1-10-7-14(18)15(8-13(10)17)19-9-11-5-3-4-6-12(11)16(20)21-2/h3-8,19H,9H2,1-2H3. The highest BCUT2D eigenvalue weighted by molar-refractivity contribution is 6.35. The summed E-state index contributed by atoms with van der Waals surface area (Å²) >= 11 is 12.3. The number of ether oxygens (including phenoxy) is 1. The van der Waals surface area contributed by atoms with Crippen molar-refractivity contribution < 1.29 is 9.53 Å². The van der Waals surface area contributed by atoms with Crippen molar-refractivity contribution in [1.82, 2.24) is 0 Å². The van der Waals surface area contributed by atoms with Gasteiger partial charge in [0.25, 0.3) is 0 Å². The number of esters is 1. The molecule has 110 valence electrons. The molecule has 0 aliphatic rings. The van der Waals surface area contributed by atoms with E-state index in [1.165, 1.54) is 7.11 Å². The number of rotatable bonds is 4. The highest BCUT2D eigenvalue weighted by Crippen LogP contribution is 2.29. The molecular formula is C16H15Cl2NO2. The summed E-state index contributed by atoms with van der Waals surface area (Å²) in [4.78, 5) is 11.7. The number of anilines is 1.